The van der Waals surface area contributed by atoms with E-state index in [0.29, 0.717) is 24.5 Å². The smallest absolute Gasteiger partial charge is 0.257 e. The van der Waals surface area contributed by atoms with Crippen molar-refractivity contribution >= 4 is 11.7 Å². The Morgan fingerprint density at radius 1 is 1.67 bits per heavy atom. The number of nitrogens with zero attached hydrogens (tertiary/aromatic N) is 2. The maximum Gasteiger partial charge on any atom is 0.257 e. The highest BCUT2D eigenvalue weighted by Gasteiger charge is 2.28. The van der Waals surface area contributed by atoms with Crippen LogP contribution in [0.5, 0.6) is 0 Å². The highest BCUT2D eigenvalue weighted by Crippen LogP contribution is 2.15. The molecule has 0 aromatic carbocycles. The summed E-state index contributed by atoms with van der Waals surface area (Å²) in [5.74, 6) is 0.406. The first-order valence-corrected chi connectivity index (χ1v) is 5.56. The molecule has 18 heavy (non-hydrogen) atoms. The molecule has 1 aliphatic rings. The third kappa shape index (κ3) is 2.30. The number of aryl methyl sites for hydroxylation is 1. The second-order valence-corrected chi connectivity index (χ2v) is 4.03. The van der Waals surface area contributed by atoms with Crippen molar-refractivity contribution in [2.75, 3.05) is 19.7 Å². The molecule has 7 nitrogen and oxygen atoms in total. The number of ether oxygens (including phenoxy) is 1. The summed E-state index contributed by atoms with van der Waals surface area (Å²) in [6, 6.07) is 1.63. The summed E-state index contributed by atoms with van der Waals surface area (Å²) in [6.07, 6.45) is 0.907. The number of amidine groups is 1. The molecule has 1 amide bonds. The number of rotatable bonds is 2. The SMILES string of the molecule is Cc1occc1C(=O)N1CCOC(C(N)=NO)C1. The Hall–Kier alpha value is -2.02. The quantitative estimate of drug-likeness (QED) is 0.339. The summed E-state index contributed by atoms with van der Waals surface area (Å²) in [4.78, 5) is 13.8. The van der Waals surface area contributed by atoms with E-state index in [9.17, 15) is 4.79 Å². The third-order valence-electron chi connectivity index (χ3n) is 2.89. The van der Waals surface area contributed by atoms with Crippen molar-refractivity contribution in [3.63, 3.8) is 0 Å². The molecule has 98 valence electrons. The fourth-order valence-corrected chi connectivity index (χ4v) is 1.85. The van der Waals surface area contributed by atoms with Gasteiger partial charge in [0.1, 0.15) is 11.9 Å². The van der Waals surface area contributed by atoms with E-state index in [1.807, 2.05) is 0 Å². The van der Waals surface area contributed by atoms with E-state index in [4.69, 9.17) is 20.1 Å². The lowest BCUT2D eigenvalue weighted by atomic mass is 10.2. The van der Waals surface area contributed by atoms with Crippen LogP contribution in [-0.2, 0) is 4.74 Å². The molecule has 0 saturated carbocycles. The van der Waals surface area contributed by atoms with Gasteiger partial charge in [-0.2, -0.15) is 0 Å². The fraction of sp³-hybridized carbons (Fsp3) is 0.455. The second-order valence-electron chi connectivity index (χ2n) is 4.03. The molecule has 0 aliphatic carbocycles. The number of carbonyl (C=O) groups excluding carboxylic acids is 1. The highest BCUT2D eigenvalue weighted by atomic mass is 16.5. The predicted octanol–water partition coefficient (Wildman–Crippen LogP) is 0.175. The van der Waals surface area contributed by atoms with Crippen LogP contribution in [0.2, 0.25) is 0 Å². The molecular formula is C11H15N3O4. The van der Waals surface area contributed by atoms with Gasteiger partial charge in [-0.3, -0.25) is 4.79 Å². The molecule has 1 saturated heterocycles. The molecule has 1 fully saturated rings. The Morgan fingerprint density at radius 3 is 3.06 bits per heavy atom. The van der Waals surface area contributed by atoms with Crippen LogP contribution in [0.15, 0.2) is 21.9 Å². The van der Waals surface area contributed by atoms with Gasteiger partial charge in [0.2, 0.25) is 0 Å². The van der Waals surface area contributed by atoms with E-state index >= 15 is 0 Å². The Balaban J connectivity index is 2.10. The lowest BCUT2D eigenvalue weighted by Crippen LogP contribution is -2.50. The van der Waals surface area contributed by atoms with Crippen molar-refractivity contribution in [1.29, 1.82) is 0 Å². The number of amides is 1. The van der Waals surface area contributed by atoms with Gasteiger partial charge in [-0.15, -0.1) is 0 Å². The standard InChI is InChI=1S/C11H15N3O4/c1-7-8(2-4-17-7)11(15)14-3-5-18-9(6-14)10(12)13-16/h2,4,9,16H,3,5-6H2,1H3,(H2,12,13). The van der Waals surface area contributed by atoms with Crippen LogP contribution in [-0.4, -0.2) is 47.7 Å². The normalized spacial score (nSPS) is 21.1. The van der Waals surface area contributed by atoms with Crippen molar-refractivity contribution in [3.8, 4) is 0 Å². The maximum atomic E-state index is 12.2. The summed E-state index contributed by atoms with van der Waals surface area (Å²) in [7, 11) is 0. The Labute approximate surface area is 104 Å². The molecule has 2 rings (SSSR count). The molecule has 2 heterocycles. The van der Waals surface area contributed by atoms with Crippen molar-refractivity contribution in [1.82, 2.24) is 4.90 Å². The molecule has 7 heteroatoms. The van der Waals surface area contributed by atoms with Crippen molar-refractivity contribution in [2.45, 2.75) is 13.0 Å². The van der Waals surface area contributed by atoms with E-state index in [2.05, 4.69) is 5.16 Å². The molecule has 0 bridgehead atoms. The van der Waals surface area contributed by atoms with Crippen molar-refractivity contribution in [3.05, 3.63) is 23.7 Å². The van der Waals surface area contributed by atoms with Gasteiger partial charge >= 0.3 is 0 Å². The van der Waals surface area contributed by atoms with Gasteiger partial charge < -0.3 is 25.0 Å². The van der Waals surface area contributed by atoms with Crippen LogP contribution in [0.3, 0.4) is 0 Å². The van der Waals surface area contributed by atoms with Crippen LogP contribution in [0.4, 0.5) is 0 Å². The summed E-state index contributed by atoms with van der Waals surface area (Å²) in [6.45, 7) is 2.82. The number of carbonyl (C=O) groups is 1. The van der Waals surface area contributed by atoms with E-state index in [0.717, 1.165) is 0 Å². The van der Waals surface area contributed by atoms with Gasteiger partial charge in [0.15, 0.2) is 5.84 Å². The van der Waals surface area contributed by atoms with Gasteiger partial charge in [0.25, 0.3) is 5.91 Å². The van der Waals surface area contributed by atoms with E-state index in [1.165, 1.54) is 6.26 Å². The number of furan rings is 1. The third-order valence-corrected chi connectivity index (χ3v) is 2.89. The molecule has 1 unspecified atom stereocenters. The van der Waals surface area contributed by atoms with Gasteiger partial charge in [0.05, 0.1) is 25.0 Å². The first-order valence-electron chi connectivity index (χ1n) is 5.56. The second kappa shape index (κ2) is 5.09. The van der Waals surface area contributed by atoms with Crippen LogP contribution < -0.4 is 5.73 Å². The molecule has 1 aliphatic heterocycles. The summed E-state index contributed by atoms with van der Waals surface area (Å²) in [5, 5.41) is 11.5. The monoisotopic (exact) mass is 253 g/mol. The summed E-state index contributed by atoms with van der Waals surface area (Å²) >= 11 is 0. The highest BCUT2D eigenvalue weighted by molar-refractivity contribution is 5.95. The van der Waals surface area contributed by atoms with E-state index < -0.39 is 6.10 Å². The summed E-state index contributed by atoms with van der Waals surface area (Å²) in [5.41, 5.74) is 6.00. The number of morpholine rings is 1. The van der Waals surface area contributed by atoms with Crippen LogP contribution in [0, 0.1) is 6.92 Å². The molecule has 1 atom stereocenters. The average Bonchev–Trinajstić information content (AvgIpc) is 2.83. The zero-order valence-electron chi connectivity index (χ0n) is 10.00. The molecule has 0 radical (unpaired) electrons. The predicted molar refractivity (Wildman–Crippen MR) is 62.5 cm³/mol. The Morgan fingerprint density at radius 2 is 2.44 bits per heavy atom. The van der Waals surface area contributed by atoms with Crippen LogP contribution in [0.25, 0.3) is 0 Å². The van der Waals surface area contributed by atoms with Crippen molar-refractivity contribution in [2.24, 2.45) is 10.9 Å². The van der Waals surface area contributed by atoms with E-state index in [1.54, 1.807) is 17.9 Å². The number of nitrogens with two attached hydrogens (primary N) is 1. The van der Waals surface area contributed by atoms with E-state index in [-0.39, 0.29) is 18.3 Å². The zero-order valence-corrected chi connectivity index (χ0v) is 10.00. The van der Waals surface area contributed by atoms with Gasteiger partial charge in [-0.25, -0.2) is 0 Å². The van der Waals surface area contributed by atoms with Crippen LogP contribution in [0.1, 0.15) is 16.1 Å². The zero-order chi connectivity index (χ0) is 13.1. The molecule has 3 N–H and O–H groups in total. The topological polar surface area (TPSA) is 101 Å². The average molecular weight is 253 g/mol. The Kier molecular flexibility index (Phi) is 3.52. The van der Waals surface area contributed by atoms with Gasteiger partial charge in [0, 0.05) is 6.54 Å². The van der Waals surface area contributed by atoms with Crippen molar-refractivity contribution < 1.29 is 19.2 Å². The van der Waals surface area contributed by atoms with Gasteiger partial charge in [-0.1, -0.05) is 5.16 Å². The lowest BCUT2D eigenvalue weighted by molar-refractivity contribution is 0.00667. The Bertz CT molecular complexity index is 469. The number of oxime groups is 1. The lowest BCUT2D eigenvalue weighted by Gasteiger charge is -2.32. The number of hydrogen-bond donors (Lipinski definition) is 2. The maximum absolute atomic E-state index is 12.2. The van der Waals surface area contributed by atoms with Gasteiger partial charge in [-0.05, 0) is 13.0 Å². The fourth-order valence-electron chi connectivity index (χ4n) is 1.85. The largest absolute Gasteiger partial charge is 0.469 e. The minimum Gasteiger partial charge on any atom is -0.469 e. The minimum absolute atomic E-state index is 0.0311. The van der Waals surface area contributed by atoms with Crippen LogP contribution >= 0.6 is 0 Å². The summed E-state index contributed by atoms with van der Waals surface area (Å²) < 4.78 is 10.4. The molecule has 1 aromatic rings. The minimum atomic E-state index is -0.570. The molecule has 0 spiro atoms. The first kappa shape index (κ1) is 12.4. The molecular weight excluding hydrogens is 238 g/mol. The number of hydrogen-bond acceptors (Lipinski definition) is 5. The molecule has 1 aromatic heterocycles. The first-order chi connectivity index (χ1) is 8.63.